The minimum atomic E-state index is -0.386. The van der Waals surface area contributed by atoms with Gasteiger partial charge in [0.25, 0.3) is 5.91 Å². The van der Waals surface area contributed by atoms with Crippen molar-refractivity contribution < 1.29 is 19.1 Å². The summed E-state index contributed by atoms with van der Waals surface area (Å²) in [5.41, 5.74) is 2.28. The number of aromatic nitrogens is 1. The first kappa shape index (κ1) is 29.7. The predicted molar refractivity (Wildman–Crippen MR) is 187 cm³/mol. The SMILES string of the molecule is O=C(COc1ccc([C@@H]2c3sc(=O)[nH]c3S[C@@H]3[C@@H]4C[C@@H]([C@@H]5C(=O)N(c6ccc(Cl)cc6)C(=O)[C@@H]45)[C@H]23)cc1)Nc1ccc2ccccc2c1. The first-order valence-electron chi connectivity index (χ1n) is 15.9. The molecule has 3 fully saturated rings. The number of imide groups is 1. The van der Waals surface area contributed by atoms with Crippen LogP contribution < -0.4 is 19.8 Å². The Bertz CT molecular complexity index is 2180. The second-order valence-corrected chi connectivity index (χ2v) is 15.6. The largest absolute Gasteiger partial charge is 0.484 e. The van der Waals surface area contributed by atoms with E-state index < -0.39 is 0 Å². The number of fused-ring (bicyclic) bond motifs is 10. The van der Waals surface area contributed by atoms with Crippen LogP contribution in [0, 0.1) is 29.6 Å². The summed E-state index contributed by atoms with van der Waals surface area (Å²) in [4.78, 5) is 58.4. The van der Waals surface area contributed by atoms with Gasteiger partial charge in [0, 0.05) is 26.8 Å². The van der Waals surface area contributed by atoms with Crippen LogP contribution in [0.5, 0.6) is 5.75 Å². The van der Waals surface area contributed by atoms with Gasteiger partial charge in [-0.3, -0.25) is 24.1 Å². The summed E-state index contributed by atoms with van der Waals surface area (Å²) >= 11 is 8.98. The van der Waals surface area contributed by atoms with E-state index in [0.29, 0.717) is 22.1 Å². The molecule has 0 radical (unpaired) electrons. The molecular formula is C37H28ClN3O5S2. The monoisotopic (exact) mass is 693 g/mol. The number of carbonyl (C=O) groups is 3. The third kappa shape index (κ3) is 4.72. The molecule has 0 spiro atoms. The number of anilines is 2. The summed E-state index contributed by atoms with van der Waals surface area (Å²) in [5, 5.41) is 6.54. The van der Waals surface area contributed by atoms with Gasteiger partial charge in [0.2, 0.25) is 11.8 Å². The lowest BCUT2D eigenvalue weighted by molar-refractivity contribution is -0.123. The van der Waals surface area contributed by atoms with E-state index in [4.69, 9.17) is 16.3 Å². The molecular weight excluding hydrogens is 666 g/mol. The molecule has 2 bridgehead atoms. The summed E-state index contributed by atoms with van der Waals surface area (Å²) in [5.74, 6) is -0.706. The molecule has 7 atom stereocenters. The fraction of sp³-hybridized carbons (Fsp3) is 0.243. The molecule has 2 aliphatic heterocycles. The van der Waals surface area contributed by atoms with E-state index >= 15 is 0 Å². The van der Waals surface area contributed by atoms with Crippen molar-refractivity contribution >= 4 is 74.6 Å². The Balaban J connectivity index is 0.955. The lowest BCUT2D eigenvalue weighted by atomic mass is 9.68. The first-order valence-corrected chi connectivity index (χ1v) is 18.0. The van der Waals surface area contributed by atoms with Gasteiger partial charge in [-0.25, -0.2) is 0 Å². The van der Waals surface area contributed by atoms with Crippen LogP contribution in [0.4, 0.5) is 11.4 Å². The van der Waals surface area contributed by atoms with Gasteiger partial charge in [0.05, 0.1) is 22.5 Å². The molecule has 3 heterocycles. The number of amides is 3. The topological polar surface area (TPSA) is 109 Å². The smallest absolute Gasteiger partial charge is 0.305 e. The number of thiazole rings is 1. The number of rotatable bonds is 6. The molecule has 4 aliphatic rings. The molecule has 9 rings (SSSR count). The van der Waals surface area contributed by atoms with Gasteiger partial charge in [-0.2, -0.15) is 0 Å². The average molecular weight is 694 g/mol. The summed E-state index contributed by atoms with van der Waals surface area (Å²) in [6.07, 6.45) is 0.812. The second-order valence-electron chi connectivity index (χ2n) is 12.9. The molecule has 2 aliphatic carbocycles. The van der Waals surface area contributed by atoms with Crippen LogP contribution in [0.25, 0.3) is 10.8 Å². The van der Waals surface area contributed by atoms with E-state index in [1.165, 1.54) is 16.2 Å². The van der Waals surface area contributed by atoms with Crippen molar-refractivity contribution in [2.24, 2.45) is 29.6 Å². The van der Waals surface area contributed by atoms with Crippen LogP contribution in [0.3, 0.4) is 0 Å². The number of carbonyl (C=O) groups excluding carboxylic acids is 3. The van der Waals surface area contributed by atoms with Gasteiger partial charge < -0.3 is 15.0 Å². The highest BCUT2D eigenvalue weighted by Crippen LogP contribution is 2.68. The van der Waals surface area contributed by atoms with Gasteiger partial charge >= 0.3 is 4.87 Å². The number of hydrogen-bond donors (Lipinski definition) is 2. The molecule has 48 heavy (non-hydrogen) atoms. The van der Waals surface area contributed by atoms with E-state index in [9.17, 15) is 19.2 Å². The molecule has 5 aromatic rings. The lowest BCUT2D eigenvalue weighted by Gasteiger charge is -2.43. The van der Waals surface area contributed by atoms with E-state index in [0.717, 1.165) is 32.7 Å². The molecule has 11 heteroatoms. The molecule has 4 aromatic carbocycles. The van der Waals surface area contributed by atoms with Crippen LogP contribution >= 0.6 is 34.7 Å². The third-order valence-corrected chi connectivity index (χ3v) is 13.3. The highest BCUT2D eigenvalue weighted by Gasteiger charge is 2.69. The predicted octanol–water partition coefficient (Wildman–Crippen LogP) is 6.94. The molecule has 2 saturated carbocycles. The Morgan fingerprint density at radius 2 is 1.62 bits per heavy atom. The number of hydrogen-bond acceptors (Lipinski definition) is 7. The number of halogens is 1. The average Bonchev–Trinajstić information content (AvgIpc) is 3.83. The van der Waals surface area contributed by atoms with Crippen LogP contribution in [0.1, 0.15) is 22.8 Å². The number of nitrogens with zero attached hydrogens (tertiary/aromatic N) is 1. The van der Waals surface area contributed by atoms with Gasteiger partial charge in [-0.05, 0) is 89.0 Å². The normalized spacial score (nSPS) is 26.8. The quantitative estimate of drug-likeness (QED) is 0.187. The van der Waals surface area contributed by atoms with Gasteiger partial charge in [0.1, 0.15) is 5.75 Å². The molecule has 8 nitrogen and oxygen atoms in total. The maximum absolute atomic E-state index is 13.9. The zero-order valence-corrected chi connectivity index (χ0v) is 27.7. The molecule has 3 amide bonds. The number of benzene rings is 4. The van der Waals surface area contributed by atoms with Crippen LogP contribution in [0.15, 0.2) is 101 Å². The highest BCUT2D eigenvalue weighted by molar-refractivity contribution is 8.00. The molecule has 1 aromatic heterocycles. The number of thioether (sulfide) groups is 1. The summed E-state index contributed by atoms with van der Waals surface area (Å²) in [6.45, 7) is -0.145. The number of aromatic amines is 1. The van der Waals surface area contributed by atoms with Gasteiger partial charge in [-0.1, -0.05) is 65.4 Å². The van der Waals surface area contributed by atoms with Crippen LogP contribution in [-0.4, -0.2) is 34.6 Å². The Morgan fingerprint density at radius 1 is 0.896 bits per heavy atom. The van der Waals surface area contributed by atoms with Crippen molar-refractivity contribution in [3.05, 3.63) is 116 Å². The van der Waals surface area contributed by atoms with Crippen LogP contribution in [0.2, 0.25) is 5.02 Å². The van der Waals surface area contributed by atoms with Crippen molar-refractivity contribution in [1.82, 2.24) is 4.98 Å². The zero-order chi connectivity index (χ0) is 32.7. The van der Waals surface area contributed by atoms with E-state index in [1.54, 1.807) is 36.0 Å². The van der Waals surface area contributed by atoms with Crippen molar-refractivity contribution in [3.8, 4) is 5.75 Å². The molecule has 240 valence electrons. The Hall–Kier alpha value is -4.38. The van der Waals surface area contributed by atoms with E-state index in [-0.39, 0.29) is 70.0 Å². The Kier molecular flexibility index (Phi) is 7.04. The van der Waals surface area contributed by atoms with Crippen molar-refractivity contribution in [1.29, 1.82) is 0 Å². The van der Waals surface area contributed by atoms with Crippen molar-refractivity contribution in [2.75, 3.05) is 16.8 Å². The molecule has 0 unspecified atom stereocenters. The third-order valence-electron chi connectivity index (χ3n) is 10.5. The Morgan fingerprint density at radius 3 is 2.40 bits per heavy atom. The summed E-state index contributed by atoms with van der Waals surface area (Å²) in [6, 6.07) is 28.3. The van der Waals surface area contributed by atoms with Crippen molar-refractivity contribution in [2.45, 2.75) is 22.6 Å². The lowest BCUT2D eigenvalue weighted by Crippen LogP contribution is -2.42. The van der Waals surface area contributed by atoms with Gasteiger partial charge in [-0.15, -0.1) is 11.8 Å². The fourth-order valence-electron chi connectivity index (χ4n) is 8.62. The standard InChI is InChI=1S/C37H28ClN3O5S2/c38-21-8-11-23(12-9-21)41-35(43)30-25-16-26(31(30)36(41)44)32-29(25)28(33-34(47-32)40-37(45)48-33)19-6-13-24(14-7-19)46-17-27(42)39-22-10-5-18-3-1-2-4-20(18)15-22/h1-15,25-26,28-32H,16-17H2,(H,39,42)(H,40,45)/t25-,26-,28+,29-,30+,31+,32-/m1/s1. The van der Waals surface area contributed by atoms with Crippen molar-refractivity contribution in [3.63, 3.8) is 0 Å². The van der Waals surface area contributed by atoms with E-state index in [2.05, 4.69) is 10.3 Å². The molecule has 2 N–H and O–H groups in total. The van der Waals surface area contributed by atoms with Crippen LogP contribution in [-0.2, 0) is 14.4 Å². The number of nitrogens with one attached hydrogen (secondary N) is 2. The Labute approximate surface area is 288 Å². The second kappa shape index (κ2) is 11.4. The first-order chi connectivity index (χ1) is 23.3. The summed E-state index contributed by atoms with van der Waals surface area (Å²) in [7, 11) is 0. The maximum atomic E-state index is 13.9. The summed E-state index contributed by atoms with van der Waals surface area (Å²) < 4.78 is 5.86. The highest BCUT2D eigenvalue weighted by atomic mass is 35.5. The fourth-order valence-corrected chi connectivity index (χ4v) is 11.6. The maximum Gasteiger partial charge on any atom is 0.305 e. The van der Waals surface area contributed by atoms with Gasteiger partial charge in [0.15, 0.2) is 6.61 Å². The number of ether oxygens (including phenoxy) is 1. The minimum absolute atomic E-state index is 0.0105. The number of H-pyrrole nitrogens is 1. The molecule has 1 saturated heterocycles. The zero-order valence-electron chi connectivity index (χ0n) is 25.3. The van der Waals surface area contributed by atoms with E-state index in [1.807, 2.05) is 66.7 Å². The minimum Gasteiger partial charge on any atom is -0.484 e.